The van der Waals surface area contributed by atoms with Crippen LogP contribution in [0.4, 0.5) is 0 Å². The largest absolute Gasteiger partial charge is 0.394 e. The normalized spacial score (nSPS) is 46.7. The molecule has 0 amide bonds. The van der Waals surface area contributed by atoms with E-state index in [2.05, 4.69) is 0 Å². The van der Waals surface area contributed by atoms with Crippen LogP contribution in [0.15, 0.2) is 0 Å². The number of aliphatic hydroxyl groups excluding tert-OH is 2. The van der Waals surface area contributed by atoms with Crippen molar-refractivity contribution in [3.8, 4) is 0 Å². The molecular formula is C70H124O40. The van der Waals surface area contributed by atoms with Gasteiger partial charge in [-0.05, 0) is 0 Å². The Hall–Kier alpha value is -1.60. The zero-order chi connectivity index (χ0) is 79.6. The van der Waals surface area contributed by atoms with Crippen LogP contribution >= 0.6 is 0 Å². The summed E-state index contributed by atoms with van der Waals surface area (Å²) in [6, 6.07) is 0. The first-order chi connectivity index (χ1) is 53.5. The predicted octanol–water partition coefficient (Wildman–Crippen LogP) is -3.02. The summed E-state index contributed by atoms with van der Waals surface area (Å²) in [5.41, 5.74) is 0. The van der Waals surface area contributed by atoms with Crippen molar-refractivity contribution in [2.24, 2.45) is 0 Å². The standard InChI is InChI=1S/C70H124O40/c1-73-25-33-41-49(81-9)59(91-19)67(99-33)107-43-35(27-75-3)97-65(57(89-17)51(43)83-11)103-39-31(23-71)96-64(56(88-16)47(39)79-7)106-42-34(26-74-2)100-68(60(92-20)50(42)82-10)109-45-37(29-77-5)102-70(62(94-22)53(45)85-13)110-46-38(30-78-6)101-69(61(93-21)54(46)86-14)108-44-36(28-76-4)98-66(58(90-18)52(44)84-12)104-40-32(24-72)95-63(105-41)55(87-15)48(40)80-8/h31-72H,23-30H2,1-22H3/t31-,32-,33-,34-,35-,36-,37-,38-,39-,40-,41-,42-,43-,44-,45-,46-,47+,48+,49-,50+,51+,52+,53+,54-,55-,56-,57-,58-,59+,60-,61+,62-,63-,64-,65-,66-,67-,68-,69-,70-/m1/s1. The SMILES string of the molecule is COC[C@H]1O[C@@H]2O[C@H]3[C@H](OC)[C@@H](OC)[C@@H](O[C@H]4[C@H](OC)[C@@H](OC)[C@@H](O[C@H]5[C@H](OC)[C@@H](OC)[C@@H](O[C@H]6[C@@H](OC)[C@H](OC)[C@@H](O[C@H]7[C@H](OC)[C@@H](OC)[C@@H](O[C@H]8[C@H](OC)[C@@H](OC)[C@@H](O[C@H]9[C@@H](OC)[C@H](OC)[C@@H](O[C@H]1[C@H](OC)[C@H]2OC)O[C@@H]9COC)O[C@@H]8CO)O[C@@H]7COC)O[C@@H]6COC)O[C@@H]5COC)O[C@@H]4COC)O[C@@H]3CO. The van der Waals surface area contributed by atoms with Crippen LogP contribution in [0.3, 0.4) is 0 Å². The molecule has 0 aliphatic carbocycles. The molecule has 0 radical (unpaired) electrons. The van der Waals surface area contributed by atoms with E-state index in [0.29, 0.717) is 0 Å². The summed E-state index contributed by atoms with van der Waals surface area (Å²) in [5, 5.41) is 22.7. The van der Waals surface area contributed by atoms with Crippen LogP contribution in [0.25, 0.3) is 0 Å². The zero-order valence-electron chi connectivity index (χ0n) is 67.2. The predicted molar refractivity (Wildman–Crippen MR) is 366 cm³/mol. The molecule has 0 aromatic rings. The van der Waals surface area contributed by atoms with Crippen LogP contribution in [0.1, 0.15) is 0 Å². The molecule has 40 atom stereocenters. The van der Waals surface area contributed by atoms with Gasteiger partial charge in [0.15, 0.2) is 50.3 Å². The molecule has 30 aliphatic rings. The Morgan fingerprint density at radius 1 is 0.155 bits per heavy atom. The topological polar surface area (TPSA) is 391 Å². The third-order valence-corrected chi connectivity index (χ3v) is 21.8. The summed E-state index contributed by atoms with van der Waals surface area (Å²) < 4.78 is 245. The second kappa shape index (κ2) is 45.0. The second-order valence-electron chi connectivity index (χ2n) is 27.5. The zero-order valence-corrected chi connectivity index (χ0v) is 67.2. The number of hydrogen-bond donors (Lipinski definition) is 2. The molecule has 40 heteroatoms. The highest BCUT2D eigenvalue weighted by Crippen LogP contribution is 2.44. The van der Waals surface area contributed by atoms with Gasteiger partial charge >= 0.3 is 0 Å². The Labute approximate surface area is 643 Å². The van der Waals surface area contributed by atoms with E-state index in [-0.39, 0.29) is 39.6 Å². The smallest absolute Gasteiger partial charge is 0.187 e. The van der Waals surface area contributed by atoms with Crippen molar-refractivity contribution >= 4 is 0 Å². The molecule has 0 aromatic heterocycles. The maximum absolute atomic E-state index is 11.4. The lowest BCUT2D eigenvalue weighted by molar-refractivity contribution is -0.409. The van der Waals surface area contributed by atoms with Crippen molar-refractivity contribution in [2.45, 2.75) is 246 Å². The van der Waals surface area contributed by atoms with Gasteiger partial charge in [-0.15, -0.1) is 0 Å². The fourth-order valence-electron chi connectivity index (χ4n) is 16.7. The summed E-state index contributed by atoms with van der Waals surface area (Å²) in [5.74, 6) is 0. The van der Waals surface area contributed by atoms with Gasteiger partial charge in [0, 0.05) is 156 Å². The van der Waals surface area contributed by atoms with Crippen molar-refractivity contribution < 1.29 is 190 Å². The molecule has 0 spiro atoms. The lowest BCUT2D eigenvalue weighted by Gasteiger charge is -2.53. The Bertz CT molecular complexity index is 2530. The van der Waals surface area contributed by atoms with Crippen molar-refractivity contribution in [1.29, 1.82) is 0 Å². The molecule has 110 heavy (non-hydrogen) atoms. The summed E-state index contributed by atoms with van der Waals surface area (Å²) >= 11 is 0. The maximum atomic E-state index is 11.4. The van der Waals surface area contributed by atoms with E-state index in [9.17, 15) is 10.2 Å². The number of ether oxygens (including phenoxy) is 38. The van der Waals surface area contributed by atoms with Crippen LogP contribution in [0, 0.1) is 0 Å². The number of methoxy groups -OCH3 is 22. The highest BCUT2D eigenvalue weighted by Gasteiger charge is 2.63. The van der Waals surface area contributed by atoms with E-state index in [0.717, 1.165) is 0 Å². The third-order valence-electron chi connectivity index (χ3n) is 21.8. The van der Waals surface area contributed by atoms with Gasteiger partial charge in [-0.3, -0.25) is 0 Å². The molecule has 0 saturated carbocycles. The molecule has 30 heterocycles. The van der Waals surface area contributed by atoms with Gasteiger partial charge in [0.25, 0.3) is 0 Å². The van der Waals surface area contributed by atoms with Gasteiger partial charge in [0.1, 0.15) is 195 Å². The second-order valence-corrected chi connectivity index (χ2v) is 27.5. The Balaban J connectivity index is 1.11. The first-order valence-electron chi connectivity index (χ1n) is 36.6. The Morgan fingerprint density at radius 2 is 0.264 bits per heavy atom. The van der Waals surface area contributed by atoms with Crippen LogP contribution < -0.4 is 0 Å². The molecule has 40 nitrogen and oxygen atoms in total. The van der Waals surface area contributed by atoms with Crippen LogP contribution in [0.5, 0.6) is 0 Å². The molecule has 0 unspecified atom stereocenters. The van der Waals surface area contributed by atoms with Crippen molar-refractivity contribution in [2.75, 3.05) is 209 Å². The third kappa shape index (κ3) is 19.8. The fourth-order valence-corrected chi connectivity index (χ4v) is 16.7. The van der Waals surface area contributed by atoms with Gasteiger partial charge < -0.3 is 190 Å². The van der Waals surface area contributed by atoms with E-state index in [1.54, 1.807) is 0 Å². The molecule has 644 valence electrons. The van der Waals surface area contributed by atoms with Crippen LogP contribution in [-0.2, 0) is 180 Å². The number of rotatable bonds is 30. The van der Waals surface area contributed by atoms with Gasteiger partial charge in [-0.25, -0.2) is 0 Å². The molecule has 30 fully saturated rings. The van der Waals surface area contributed by atoms with Crippen LogP contribution in [0.2, 0.25) is 0 Å². The first kappa shape index (κ1) is 92.3. The fraction of sp³-hybridized carbons (Fsp3) is 1.00. The molecular weight excluding hydrogens is 1480 g/mol. The summed E-state index contributed by atoms with van der Waals surface area (Å²) in [6.45, 7) is -1.79. The molecule has 30 rings (SSSR count). The Kier molecular flexibility index (Phi) is 37.7. The average Bonchev–Trinajstić information content (AvgIpc) is 0.764. The minimum atomic E-state index is -1.34. The Morgan fingerprint density at radius 3 is 0.364 bits per heavy atom. The summed E-state index contributed by atoms with van der Waals surface area (Å²) in [6.07, 6.45) is -44.5. The van der Waals surface area contributed by atoms with E-state index >= 15 is 0 Å². The highest BCUT2D eigenvalue weighted by molar-refractivity contribution is 5.05. The maximum Gasteiger partial charge on any atom is 0.187 e. The van der Waals surface area contributed by atoms with Crippen molar-refractivity contribution in [3.05, 3.63) is 0 Å². The molecule has 0 aromatic carbocycles. The van der Waals surface area contributed by atoms with E-state index in [1.165, 1.54) is 156 Å². The van der Waals surface area contributed by atoms with Gasteiger partial charge in [0.05, 0.1) is 52.9 Å². The summed E-state index contributed by atoms with van der Waals surface area (Å²) in [4.78, 5) is 0. The number of aliphatic hydroxyl groups is 2. The first-order valence-corrected chi connectivity index (χ1v) is 36.6. The monoisotopic (exact) mass is 1600 g/mol. The van der Waals surface area contributed by atoms with Crippen molar-refractivity contribution in [3.63, 3.8) is 0 Å². The lowest BCUT2D eigenvalue weighted by Crippen LogP contribution is -2.70. The van der Waals surface area contributed by atoms with Gasteiger partial charge in [-0.1, -0.05) is 0 Å². The van der Waals surface area contributed by atoms with E-state index < -0.39 is 259 Å². The van der Waals surface area contributed by atoms with E-state index in [1.807, 2.05) is 0 Å². The lowest BCUT2D eigenvalue weighted by atomic mass is 9.94. The minimum Gasteiger partial charge on any atom is -0.394 e. The van der Waals surface area contributed by atoms with Gasteiger partial charge in [0.2, 0.25) is 0 Å². The van der Waals surface area contributed by atoms with Gasteiger partial charge in [-0.2, -0.15) is 0 Å². The quantitative estimate of drug-likeness (QED) is 0.0723. The van der Waals surface area contributed by atoms with Crippen LogP contribution in [-0.4, -0.2) is 465 Å². The van der Waals surface area contributed by atoms with Crippen molar-refractivity contribution in [1.82, 2.24) is 0 Å². The number of hydrogen-bond acceptors (Lipinski definition) is 40. The molecule has 16 bridgehead atoms. The average molecular weight is 1610 g/mol. The summed E-state index contributed by atoms with van der Waals surface area (Å²) in [7, 11) is 32.4. The molecule has 2 N–H and O–H groups in total. The molecule has 30 saturated heterocycles. The minimum absolute atomic E-state index is 0.0760. The van der Waals surface area contributed by atoms with E-state index in [4.69, 9.17) is 180 Å². The highest BCUT2D eigenvalue weighted by atomic mass is 16.8. The molecule has 30 aliphatic heterocycles.